The Morgan fingerprint density at radius 1 is 1.11 bits per heavy atom. The van der Waals surface area contributed by atoms with Crippen molar-refractivity contribution in [1.82, 2.24) is 9.29 Å². The number of nitrogens with zero attached hydrogens (tertiary/aromatic N) is 2. The Bertz CT molecular complexity index is 1030. The molecule has 0 amide bonds. The van der Waals surface area contributed by atoms with Crippen molar-refractivity contribution in [3.05, 3.63) is 59.5 Å². The zero-order valence-electron chi connectivity index (χ0n) is 15.6. The highest BCUT2D eigenvalue weighted by Crippen LogP contribution is 2.21. The van der Waals surface area contributed by atoms with Crippen molar-refractivity contribution < 1.29 is 17.7 Å². The van der Waals surface area contributed by atoms with E-state index in [1.54, 1.807) is 10.4 Å². The van der Waals surface area contributed by atoms with E-state index >= 15 is 0 Å². The molecule has 2 aromatic carbocycles. The van der Waals surface area contributed by atoms with Crippen LogP contribution in [0.25, 0.3) is 11.1 Å². The maximum Gasteiger partial charge on any atom is 0.251 e. The van der Waals surface area contributed by atoms with Gasteiger partial charge in [0.25, 0.3) is 5.89 Å². The topological polar surface area (TPSA) is 67.8 Å². The minimum atomic E-state index is -3.45. The number of sulfonamides is 1. The lowest BCUT2D eigenvalue weighted by atomic mass is 10.2. The lowest BCUT2D eigenvalue weighted by Gasteiger charge is -2.31. The Morgan fingerprint density at radius 3 is 2.59 bits per heavy atom. The number of hydrogen-bond donors (Lipinski definition) is 1. The van der Waals surface area contributed by atoms with Gasteiger partial charge in [-0.15, -0.1) is 0 Å². The number of rotatable bonds is 4. The summed E-state index contributed by atoms with van der Waals surface area (Å²) in [6.45, 7) is 6.93. The van der Waals surface area contributed by atoms with E-state index in [4.69, 9.17) is 4.42 Å². The lowest BCUT2D eigenvalue weighted by Crippen LogP contribution is -3.13. The number of aryl methyl sites for hydroxylation is 2. The third-order valence-corrected chi connectivity index (χ3v) is 7.17. The van der Waals surface area contributed by atoms with Crippen LogP contribution in [-0.4, -0.2) is 43.9 Å². The molecule has 1 saturated heterocycles. The molecule has 0 atom stereocenters. The van der Waals surface area contributed by atoms with Crippen LogP contribution >= 0.6 is 0 Å². The Balaban J connectivity index is 1.44. The molecule has 27 heavy (non-hydrogen) atoms. The number of piperazine rings is 1. The summed E-state index contributed by atoms with van der Waals surface area (Å²) in [6, 6.07) is 13.3. The smallest absolute Gasteiger partial charge is 0.251 e. The van der Waals surface area contributed by atoms with E-state index in [9.17, 15) is 8.42 Å². The van der Waals surface area contributed by atoms with Gasteiger partial charge in [-0.1, -0.05) is 24.3 Å². The van der Waals surface area contributed by atoms with Gasteiger partial charge in [0.1, 0.15) is 5.52 Å². The average Bonchev–Trinajstić information content (AvgIpc) is 3.06. The second kappa shape index (κ2) is 7.07. The highest BCUT2D eigenvalue weighted by atomic mass is 32.2. The quantitative estimate of drug-likeness (QED) is 0.739. The van der Waals surface area contributed by atoms with Crippen molar-refractivity contribution >= 4 is 21.1 Å². The Labute approximate surface area is 159 Å². The number of nitrogens with one attached hydrogen (secondary N) is 1. The summed E-state index contributed by atoms with van der Waals surface area (Å²) in [4.78, 5) is 6.23. The first-order valence-electron chi connectivity index (χ1n) is 9.19. The van der Waals surface area contributed by atoms with Crippen LogP contribution in [0.3, 0.4) is 0 Å². The van der Waals surface area contributed by atoms with Crippen molar-refractivity contribution in [1.29, 1.82) is 0 Å². The third-order valence-electron chi connectivity index (χ3n) is 5.13. The van der Waals surface area contributed by atoms with Gasteiger partial charge < -0.3 is 9.32 Å². The molecule has 0 unspecified atom stereocenters. The van der Waals surface area contributed by atoms with Gasteiger partial charge in [-0.2, -0.15) is 4.31 Å². The van der Waals surface area contributed by atoms with Crippen LogP contribution in [0.5, 0.6) is 0 Å². The van der Waals surface area contributed by atoms with E-state index in [0.717, 1.165) is 35.3 Å². The fourth-order valence-electron chi connectivity index (χ4n) is 3.55. The van der Waals surface area contributed by atoms with Gasteiger partial charge in [0, 0.05) is 0 Å². The summed E-state index contributed by atoms with van der Waals surface area (Å²) in [5.41, 5.74) is 3.41. The van der Waals surface area contributed by atoms with Crippen molar-refractivity contribution in [2.24, 2.45) is 0 Å². The summed E-state index contributed by atoms with van der Waals surface area (Å²) < 4.78 is 33.5. The standard InChI is InChI=1S/C20H23N3O3S/c1-15-7-8-16(2)19(13-15)27(24,25)23-11-9-22(10-12-23)14-20-21-17-5-3-4-6-18(17)26-20/h3-8,13H,9-12,14H2,1-2H3/p+1. The van der Waals surface area contributed by atoms with Crippen molar-refractivity contribution in [2.45, 2.75) is 25.3 Å². The van der Waals surface area contributed by atoms with Crippen LogP contribution in [0.1, 0.15) is 17.0 Å². The molecule has 6 nitrogen and oxygen atoms in total. The molecule has 1 fully saturated rings. The number of hydrogen-bond acceptors (Lipinski definition) is 4. The minimum absolute atomic E-state index is 0.421. The SMILES string of the molecule is Cc1ccc(C)c(S(=O)(=O)N2CC[NH+](Cc3nc4ccccc4o3)CC2)c1. The Morgan fingerprint density at radius 2 is 1.85 bits per heavy atom. The number of oxazole rings is 1. The first-order chi connectivity index (χ1) is 12.9. The van der Waals surface area contributed by atoms with Crippen LogP contribution < -0.4 is 4.90 Å². The van der Waals surface area contributed by atoms with Gasteiger partial charge in [-0.25, -0.2) is 13.4 Å². The molecule has 0 saturated carbocycles. The zero-order valence-corrected chi connectivity index (χ0v) is 16.4. The maximum absolute atomic E-state index is 13.0. The van der Waals surface area contributed by atoms with Crippen molar-refractivity contribution in [3.63, 3.8) is 0 Å². The van der Waals surface area contributed by atoms with Crippen molar-refractivity contribution in [3.8, 4) is 0 Å². The first kappa shape index (κ1) is 18.2. The number of fused-ring (bicyclic) bond motifs is 1. The Kier molecular flexibility index (Phi) is 4.75. The summed E-state index contributed by atoms with van der Waals surface area (Å²) >= 11 is 0. The monoisotopic (exact) mass is 386 g/mol. The van der Waals surface area contributed by atoms with Gasteiger partial charge in [-0.3, -0.25) is 0 Å². The summed E-state index contributed by atoms with van der Waals surface area (Å²) in [6.07, 6.45) is 0. The molecule has 0 radical (unpaired) electrons. The van der Waals surface area contributed by atoms with E-state index in [0.29, 0.717) is 30.4 Å². The van der Waals surface area contributed by atoms with E-state index in [2.05, 4.69) is 4.98 Å². The predicted octanol–water partition coefficient (Wildman–Crippen LogP) is 1.53. The number of quaternary nitrogens is 1. The predicted molar refractivity (Wildman–Crippen MR) is 103 cm³/mol. The molecule has 1 N–H and O–H groups in total. The maximum atomic E-state index is 13.0. The van der Waals surface area contributed by atoms with E-state index in [1.165, 1.54) is 4.90 Å². The van der Waals surface area contributed by atoms with Crippen LogP contribution in [0.15, 0.2) is 51.8 Å². The normalized spacial score (nSPS) is 16.8. The molecular weight excluding hydrogens is 362 g/mol. The van der Waals surface area contributed by atoms with Crippen LogP contribution in [0.2, 0.25) is 0 Å². The third kappa shape index (κ3) is 3.63. The van der Waals surface area contributed by atoms with Crippen LogP contribution in [-0.2, 0) is 16.6 Å². The van der Waals surface area contributed by atoms with Crippen LogP contribution in [0, 0.1) is 13.8 Å². The number of para-hydroxylation sites is 2. The van der Waals surface area contributed by atoms with Gasteiger partial charge in [-0.05, 0) is 43.2 Å². The molecular formula is C20H24N3O3S+. The second-order valence-corrected chi connectivity index (χ2v) is 9.08. The molecule has 1 aliphatic rings. The van der Waals surface area contributed by atoms with Gasteiger partial charge in [0.15, 0.2) is 12.1 Å². The molecule has 4 rings (SSSR count). The molecule has 2 heterocycles. The summed E-state index contributed by atoms with van der Waals surface area (Å²) in [5.74, 6) is 0.706. The highest BCUT2D eigenvalue weighted by Gasteiger charge is 2.32. The van der Waals surface area contributed by atoms with Gasteiger partial charge in [0.2, 0.25) is 10.0 Å². The molecule has 1 aromatic heterocycles. The molecule has 142 valence electrons. The number of aromatic nitrogens is 1. The lowest BCUT2D eigenvalue weighted by molar-refractivity contribution is -0.918. The summed E-state index contributed by atoms with van der Waals surface area (Å²) in [5, 5.41) is 0. The fraction of sp³-hybridized carbons (Fsp3) is 0.350. The highest BCUT2D eigenvalue weighted by molar-refractivity contribution is 7.89. The van der Waals surface area contributed by atoms with Crippen molar-refractivity contribution in [2.75, 3.05) is 26.2 Å². The minimum Gasteiger partial charge on any atom is -0.435 e. The Hall–Kier alpha value is -2.22. The van der Waals surface area contributed by atoms with Crippen LogP contribution in [0.4, 0.5) is 0 Å². The summed E-state index contributed by atoms with van der Waals surface area (Å²) in [7, 11) is -3.45. The molecule has 7 heteroatoms. The average molecular weight is 386 g/mol. The number of benzene rings is 2. The van der Waals surface area contributed by atoms with E-state index in [-0.39, 0.29) is 0 Å². The zero-order chi connectivity index (χ0) is 19.0. The van der Waals surface area contributed by atoms with E-state index < -0.39 is 10.0 Å². The molecule has 3 aromatic rings. The molecule has 0 aliphatic carbocycles. The first-order valence-corrected chi connectivity index (χ1v) is 10.6. The molecule has 0 bridgehead atoms. The van der Waals surface area contributed by atoms with Gasteiger partial charge >= 0.3 is 0 Å². The molecule has 1 aliphatic heterocycles. The largest absolute Gasteiger partial charge is 0.435 e. The van der Waals surface area contributed by atoms with E-state index in [1.807, 2.05) is 50.2 Å². The molecule has 0 spiro atoms. The second-order valence-electron chi connectivity index (χ2n) is 7.18. The van der Waals surface area contributed by atoms with Gasteiger partial charge in [0.05, 0.1) is 31.1 Å². The fourth-order valence-corrected chi connectivity index (χ4v) is 5.30.